The van der Waals surface area contributed by atoms with Gasteiger partial charge in [0, 0.05) is 22.8 Å². The van der Waals surface area contributed by atoms with Gasteiger partial charge in [0.15, 0.2) is 0 Å². The lowest BCUT2D eigenvalue weighted by atomic mass is 10.2. The molecule has 0 aliphatic carbocycles. The van der Waals surface area contributed by atoms with Crippen LogP contribution in [0.5, 0.6) is 0 Å². The van der Waals surface area contributed by atoms with Crippen molar-refractivity contribution in [1.82, 2.24) is 9.97 Å². The van der Waals surface area contributed by atoms with Crippen LogP contribution in [-0.4, -0.2) is 27.0 Å². The van der Waals surface area contributed by atoms with E-state index in [0.717, 1.165) is 10.1 Å². The van der Waals surface area contributed by atoms with Crippen molar-refractivity contribution in [1.29, 1.82) is 0 Å². The lowest BCUT2D eigenvalue weighted by Crippen LogP contribution is -2.12. The second-order valence-corrected chi connectivity index (χ2v) is 5.33. The molecule has 104 valence electrons. The Hall–Kier alpha value is -2.80. The lowest BCUT2D eigenvalue weighted by molar-refractivity contribution is 0.0702. The van der Waals surface area contributed by atoms with Gasteiger partial charge in [0.1, 0.15) is 11.2 Å². The minimum Gasteiger partial charge on any atom is -0.477 e. The van der Waals surface area contributed by atoms with Crippen LogP contribution in [0.1, 0.15) is 20.0 Å². The number of nitrogens with zero attached hydrogens (tertiary/aromatic N) is 2. The molecule has 1 amide bonds. The number of amides is 1. The third kappa shape index (κ3) is 2.72. The van der Waals surface area contributed by atoms with Gasteiger partial charge in [-0.1, -0.05) is 0 Å². The molecule has 0 unspecified atom stereocenters. The molecule has 1 aromatic carbocycles. The van der Waals surface area contributed by atoms with Gasteiger partial charge >= 0.3 is 5.97 Å². The number of hydrogen-bond donors (Lipinski definition) is 2. The zero-order valence-electron chi connectivity index (χ0n) is 10.6. The van der Waals surface area contributed by atoms with E-state index in [1.165, 1.54) is 30.1 Å². The molecule has 0 bridgehead atoms. The number of carbonyl (C=O) groups excluding carboxylic acids is 1. The van der Waals surface area contributed by atoms with E-state index in [1.807, 2.05) is 0 Å². The van der Waals surface area contributed by atoms with E-state index in [1.54, 1.807) is 24.3 Å². The van der Waals surface area contributed by atoms with Gasteiger partial charge < -0.3 is 10.4 Å². The van der Waals surface area contributed by atoms with Gasteiger partial charge in [-0.2, -0.15) is 0 Å². The van der Waals surface area contributed by atoms with Crippen molar-refractivity contribution in [3.63, 3.8) is 0 Å². The number of carboxylic acid groups (broad SMARTS) is 1. The molecule has 0 fully saturated rings. The van der Waals surface area contributed by atoms with Crippen LogP contribution in [0.3, 0.4) is 0 Å². The van der Waals surface area contributed by atoms with Gasteiger partial charge in [0.25, 0.3) is 5.91 Å². The molecule has 0 spiro atoms. The van der Waals surface area contributed by atoms with Crippen LogP contribution < -0.4 is 5.32 Å². The fourth-order valence-corrected chi connectivity index (χ4v) is 2.73. The predicted molar refractivity (Wildman–Crippen MR) is 78.8 cm³/mol. The van der Waals surface area contributed by atoms with E-state index in [0.29, 0.717) is 11.3 Å². The Morgan fingerprint density at radius 3 is 2.62 bits per heavy atom. The molecule has 3 rings (SSSR count). The molecule has 0 radical (unpaired) electrons. The summed E-state index contributed by atoms with van der Waals surface area (Å²) in [6.45, 7) is 0. The maximum absolute atomic E-state index is 12.0. The van der Waals surface area contributed by atoms with E-state index < -0.39 is 5.97 Å². The second-order valence-electron chi connectivity index (χ2n) is 4.25. The van der Waals surface area contributed by atoms with Crippen molar-refractivity contribution in [3.8, 4) is 0 Å². The monoisotopic (exact) mass is 299 g/mol. The minimum atomic E-state index is -0.955. The third-order valence-corrected chi connectivity index (χ3v) is 3.91. The summed E-state index contributed by atoms with van der Waals surface area (Å²) in [5, 5.41) is 12.5. The van der Waals surface area contributed by atoms with Crippen molar-refractivity contribution in [2.45, 2.75) is 0 Å². The first-order valence-corrected chi connectivity index (χ1v) is 6.78. The van der Waals surface area contributed by atoms with Crippen molar-refractivity contribution >= 4 is 39.0 Å². The first-order chi connectivity index (χ1) is 10.1. The van der Waals surface area contributed by atoms with Crippen molar-refractivity contribution < 1.29 is 14.7 Å². The average Bonchev–Trinajstić information content (AvgIpc) is 2.91. The predicted octanol–water partition coefficient (Wildman–Crippen LogP) is 2.64. The number of hydrogen-bond acceptors (Lipinski definition) is 5. The molecule has 6 nitrogen and oxygen atoms in total. The Balaban J connectivity index is 1.87. The zero-order valence-corrected chi connectivity index (χ0v) is 11.4. The van der Waals surface area contributed by atoms with Crippen molar-refractivity contribution in [2.75, 3.05) is 5.32 Å². The normalized spacial score (nSPS) is 10.5. The van der Waals surface area contributed by atoms with Crippen molar-refractivity contribution in [2.24, 2.45) is 0 Å². The molecule has 2 aromatic heterocycles. The van der Waals surface area contributed by atoms with Crippen LogP contribution in [0.4, 0.5) is 5.69 Å². The molecule has 0 saturated carbocycles. The summed E-state index contributed by atoms with van der Waals surface area (Å²) >= 11 is 1.20. The summed E-state index contributed by atoms with van der Waals surface area (Å²) in [6, 6.07) is 6.83. The summed E-state index contributed by atoms with van der Waals surface area (Å²) in [4.78, 5) is 30.8. The standard InChI is InChI=1S/C14H9N3O3S/c18-13(9-5-15-7-16-6-9)17-10-1-2-11-8(3-10)4-12(21-11)14(19)20/h1-7H,(H,17,18)(H,19,20). The number of aromatic carboxylic acids is 1. The van der Waals surface area contributed by atoms with Gasteiger partial charge in [0.2, 0.25) is 0 Å². The highest BCUT2D eigenvalue weighted by molar-refractivity contribution is 7.20. The molecule has 3 aromatic rings. The third-order valence-electron chi connectivity index (χ3n) is 2.81. The first kappa shape index (κ1) is 13.2. The van der Waals surface area contributed by atoms with Gasteiger partial charge in [-0.3, -0.25) is 4.79 Å². The minimum absolute atomic E-state index is 0.268. The number of anilines is 1. The Kier molecular flexibility index (Phi) is 3.33. The largest absolute Gasteiger partial charge is 0.477 e. The number of rotatable bonds is 3. The van der Waals surface area contributed by atoms with Crippen LogP contribution in [0, 0.1) is 0 Å². The molecule has 0 aliphatic heterocycles. The topological polar surface area (TPSA) is 92.2 Å². The summed E-state index contributed by atoms with van der Waals surface area (Å²) in [5.74, 6) is -1.27. The summed E-state index contributed by atoms with van der Waals surface area (Å²) < 4.78 is 0.855. The fourth-order valence-electron chi connectivity index (χ4n) is 1.85. The number of nitrogens with one attached hydrogen (secondary N) is 1. The molecule has 2 N–H and O–H groups in total. The van der Waals surface area contributed by atoms with E-state index in [4.69, 9.17) is 5.11 Å². The van der Waals surface area contributed by atoms with Crippen LogP contribution >= 0.6 is 11.3 Å². The van der Waals surface area contributed by atoms with Gasteiger partial charge in [-0.05, 0) is 29.7 Å². The zero-order chi connectivity index (χ0) is 14.8. The molecule has 0 aliphatic rings. The fraction of sp³-hybridized carbons (Fsp3) is 0. The number of thiophene rings is 1. The van der Waals surface area contributed by atoms with Crippen LogP contribution in [0.2, 0.25) is 0 Å². The van der Waals surface area contributed by atoms with Gasteiger partial charge in [-0.15, -0.1) is 11.3 Å². The second kappa shape index (κ2) is 5.29. The van der Waals surface area contributed by atoms with E-state index in [-0.39, 0.29) is 10.8 Å². The molecule has 21 heavy (non-hydrogen) atoms. The maximum Gasteiger partial charge on any atom is 0.345 e. The van der Waals surface area contributed by atoms with Gasteiger partial charge in [-0.25, -0.2) is 14.8 Å². The molecule has 2 heterocycles. The summed E-state index contributed by atoms with van der Waals surface area (Å²) in [6.07, 6.45) is 4.20. The van der Waals surface area contributed by atoms with Crippen LogP contribution in [0.15, 0.2) is 43.0 Å². The Morgan fingerprint density at radius 2 is 1.90 bits per heavy atom. The maximum atomic E-state index is 12.0. The molecular weight excluding hydrogens is 290 g/mol. The Labute approximate surface area is 123 Å². The van der Waals surface area contributed by atoms with Crippen LogP contribution in [0.25, 0.3) is 10.1 Å². The highest BCUT2D eigenvalue weighted by atomic mass is 32.1. The van der Waals surface area contributed by atoms with E-state index >= 15 is 0 Å². The molecular formula is C14H9N3O3S. The van der Waals surface area contributed by atoms with E-state index in [9.17, 15) is 9.59 Å². The highest BCUT2D eigenvalue weighted by Gasteiger charge is 2.10. The first-order valence-electron chi connectivity index (χ1n) is 5.97. The lowest BCUT2D eigenvalue weighted by Gasteiger charge is -2.04. The molecule has 0 saturated heterocycles. The summed E-state index contributed by atoms with van der Waals surface area (Å²) in [7, 11) is 0. The number of carbonyl (C=O) groups is 2. The quantitative estimate of drug-likeness (QED) is 0.775. The molecule has 7 heteroatoms. The number of fused-ring (bicyclic) bond motifs is 1. The van der Waals surface area contributed by atoms with E-state index in [2.05, 4.69) is 15.3 Å². The van der Waals surface area contributed by atoms with Gasteiger partial charge in [0.05, 0.1) is 5.56 Å². The Morgan fingerprint density at radius 1 is 1.14 bits per heavy atom. The van der Waals surface area contributed by atoms with Crippen LogP contribution in [-0.2, 0) is 0 Å². The average molecular weight is 299 g/mol. The smallest absolute Gasteiger partial charge is 0.345 e. The number of aromatic nitrogens is 2. The summed E-state index contributed by atoms with van der Waals surface area (Å²) in [5.41, 5.74) is 0.945. The number of carboxylic acids is 1. The Bertz CT molecular complexity index is 830. The SMILES string of the molecule is O=C(Nc1ccc2sc(C(=O)O)cc2c1)c1cncnc1. The molecule has 0 atom stereocenters. The van der Waals surface area contributed by atoms with Crippen molar-refractivity contribution in [3.05, 3.63) is 53.4 Å². The number of benzene rings is 1. The highest BCUT2D eigenvalue weighted by Crippen LogP contribution is 2.28.